The van der Waals surface area contributed by atoms with Gasteiger partial charge >= 0.3 is 0 Å². The number of nitrogens with one attached hydrogen (secondary N) is 1. The van der Waals surface area contributed by atoms with Crippen LogP contribution in [0.25, 0.3) is 22.4 Å². The number of benzene rings is 3. The summed E-state index contributed by atoms with van der Waals surface area (Å²) in [6.45, 7) is 2.10. The fourth-order valence-corrected chi connectivity index (χ4v) is 3.74. The molecule has 0 spiro atoms. The Kier molecular flexibility index (Phi) is 2.80. The fraction of sp³-hybridized carbons (Fsp3) is 0.0952. The maximum absolute atomic E-state index is 13.5. The van der Waals surface area contributed by atoms with Crippen LogP contribution in [-0.4, -0.2) is 9.55 Å². The van der Waals surface area contributed by atoms with Crippen molar-refractivity contribution in [1.82, 2.24) is 9.55 Å². The van der Waals surface area contributed by atoms with Gasteiger partial charge < -0.3 is 5.32 Å². The van der Waals surface area contributed by atoms with Gasteiger partial charge in [-0.25, -0.2) is 9.37 Å². The van der Waals surface area contributed by atoms with Crippen LogP contribution in [-0.2, 0) is 5.66 Å². The van der Waals surface area contributed by atoms with Gasteiger partial charge in [-0.15, -0.1) is 0 Å². The topological polar surface area (TPSA) is 29.9 Å². The molecule has 0 aliphatic carbocycles. The number of hydrogen-bond acceptors (Lipinski definition) is 2. The Balaban J connectivity index is 1.87. The Bertz CT molecular complexity index is 1100. The molecule has 1 aliphatic rings. The Morgan fingerprint density at radius 2 is 1.64 bits per heavy atom. The second-order valence-corrected chi connectivity index (χ2v) is 6.51. The predicted octanol–water partition coefficient (Wildman–Crippen LogP) is 4.99. The molecule has 1 aliphatic heterocycles. The molecular formula is C21H16FN3. The van der Waals surface area contributed by atoms with Crippen molar-refractivity contribution in [3.05, 3.63) is 84.2 Å². The minimum Gasteiger partial charge on any atom is -0.358 e. The maximum atomic E-state index is 13.5. The van der Waals surface area contributed by atoms with Crippen LogP contribution in [0.3, 0.4) is 0 Å². The fourth-order valence-electron chi connectivity index (χ4n) is 3.74. The number of imidazole rings is 1. The number of aromatic nitrogens is 2. The van der Waals surface area contributed by atoms with Crippen LogP contribution in [0, 0.1) is 5.82 Å². The van der Waals surface area contributed by atoms with Gasteiger partial charge in [0.2, 0.25) is 0 Å². The zero-order valence-corrected chi connectivity index (χ0v) is 13.7. The lowest BCUT2D eigenvalue weighted by molar-refractivity contribution is 0.462. The number of halogens is 1. The van der Waals surface area contributed by atoms with Gasteiger partial charge in [-0.1, -0.05) is 36.4 Å². The smallest absolute Gasteiger partial charge is 0.145 e. The number of rotatable bonds is 1. The van der Waals surface area contributed by atoms with Crippen molar-refractivity contribution in [2.45, 2.75) is 12.6 Å². The molecule has 0 radical (unpaired) electrons. The van der Waals surface area contributed by atoms with Crippen molar-refractivity contribution in [1.29, 1.82) is 0 Å². The average Bonchev–Trinajstić information content (AvgIpc) is 3.03. The molecule has 4 heteroatoms. The highest BCUT2D eigenvalue weighted by Gasteiger charge is 2.37. The molecule has 25 heavy (non-hydrogen) atoms. The number of anilines is 1. The van der Waals surface area contributed by atoms with E-state index < -0.39 is 5.66 Å². The summed E-state index contributed by atoms with van der Waals surface area (Å²) in [6.07, 6.45) is 0. The number of para-hydroxylation sites is 3. The Morgan fingerprint density at radius 1 is 0.920 bits per heavy atom. The van der Waals surface area contributed by atoms with E-state index in [4.69, 9.17) is 4.98 Å². The molecular weight excluding hydrogens is 313 g/mol. The maximum Gasteiger partial charge on any atom is 0.145 e. The van der Waals surface area contributed by atoms with Gasteiger partial charge in [0, 0.05) is 11.3 Å². The van der Waals surface area contributed by atoms with Crippen molar-refractivity contribution in [3.8, 4) is 11.4 Å². The summed E-state index contributed by atoms with van der Waals surface area (Å²) in [5, 5.41) is 3.64. The van der Waals surface area contributed by atoms with Crippen LogP contribution in [0.5, 0.6) is 0 Å². The number of fused-ring (bicyclic) bond motifs is 5. The van der Waals surface area contributed by atoms with E-state index in [2.05, 4.69) is 35.0 Å². The highest BCUT2D eigenvalue weighted by molar-refractivity contribution is 5.87. The van der Waals surface area contributed by atoms with Gasteiger partial charge in [-0.3, -0.25) is 4.57 Å². The van der Waals surface area contributed by atoms with Crippen LogP contribution in [0.4, 0.5) is 10.1 Å². The van der Waals surface area contributed by atoms with Gasteiger partial charge in [0.1, 0.15) is 17.3 Å². The van der Waals surface area contributed by atoms with Crippen molar-refractivity contribution < 1.29 is 4.39 Å². The Morgan fingerprint density at radius 3 is 2.48 bits per heavy atom. The minimum atomic E-state index is -0.562. The van der Waals surface area contributed by atoms with E-state index in [-0.39, 0.29) is 5.82 Å². The molecule has 0 saturated heterocycles. The summed E-state index contributed by atoms with van der Waals surface area (Å²) in [4.78, 5) is 4.88. The quantitative estimate of drug-likeness (QED) is 0.533. The second kappa shape index (κ2) is 4.93. The first-order valence-corrected chi connectivity index (χ1v) is 8.28. The largest absolute Gasteiger partial charge is 0.358 e. The molecule has 1 atom stereocenters. The van der Waals surface area contributed by atoms with Gasteiger partial charge in [0.25, 0.3) is 0 Å². The van der Waals surface area contributed by atoms with E-state index in [1.807, 2.05) is 42.5 Å². The summed E-state index contributed by atoms with van der Waals surface area (Å²) in [5.41, 5.74) is 4.51. The molecule has 5 rings (SSSR count). The number of nitrogens with zero attached hydrogens (tertiary/aromatic N) is 2. The minimum absolute atomic E-state index is 0.237. The van der Waals surface area contributed by atoms with Crippen molar-refractivity contribution >= 4 is 16.7 Å². The lowest BCUT2D eigenvalue weighted by atomic mass is 9.96. The SMILES string of the molecule is C[C@@]1(c2ccc(F)cc2)Nc2ccccc2-c2nc3ccccc3n21. The lowest BCUT2D eigenvalue weighted by Gasteiger charge is -2.40. The molecule has 0 saturated carbocycles. The zero-order chi connectivity index (χ0) is 17.0. The molecule has 122 valence electrons. The summed E-state index contributed by atoms with van der Waals surface area (Å²) in [5.74, 6) is 0.682. The van der Waals surface area contributed by atoms with Crippen LogP contribution in [0.1, 0.15) is 12.5 Å². The first kappa shape index (κ1) is 14.2. The van der Waals surface area contributed by atoms with Crippen molar-refractivity contribution in [3.63, 3.8) is 0 Å². The molecule has 0 fully saturated rings. The molecule has 0 amide bonds. The highest BCUT2D eigenvalue weighted by Crippen LogP contribution is 2.43. The van der Waals surface area contributed by atoms with Crippen LogP contribution >= 0.6 is 0 Å². The summed E-state index contributed by atoms with van der Waals surface area (Å²) < 4.78 is 15.7. The second-order valence-electron chi connectivity index (χ2n) is 6.51. The summed E-state index contributed by atoms with van der Waals surface area (Å²) in [6, 6.07) is 22.9. The average molecular weight is 329 g/mol. The zero-order valence-electron chi connectivity index (χ0n) is 13.7. The standard InChI is InChI=1S/C21H16FN3/c1-21(14-10-12-15(22)13-11-14)24-17-7-3-2-6-16(17)20-23-18-8-4-5-9-19(18)25(20)21/h2-13,24H,1H3/t21-/m1/s1. The predicted molar refractivity (Wildman–Crippen MR) is 97.9 cm³/mol. The molecule has 3 nitrogen and oxygen atoms in total. The van der Waals surface area contributed by atoms with E-state index in [1.54, 1.807) is 0 Å². The van der Waals surface area contributed by atoms with Gasteiger partial charge in [0.05, 0.1) is 11.0 Å². The Hall–Kier alpha value is -3.14. The summed E-state index contributed by atoms with van der Waals surface area (Å²) >= 11 is 0. The molecule has 3 aromatic carbocycles. The van der Waals surface area contributed by atoms with Gasteiger partial charge in [-0.2, -0.15) is 0 Å². The third-order valence-electron chi connectivity index (χ3n) is 4.96. The van der Waals surface area contributed by atoms with Crippen LogP contribution in [0.2, 0.25) is 0 Å². The molecule has 0 unspecified atom stereocenters. The third-order valence-corrected chi connectivity index (χ3v) is 4.96. The van der Waals surface area contributed by atoms with E-state index >= 15 is 0 Å². The highest BCUT2D eigenvalue weighted by atomic mass is 19.1. The third kappa shape index (κ3) is 1.94. The normalized spacial score (nSPS) is 18.5. The Labute approximate surface area is 144 Å². The first-order chi connectivity index (χ1) is 12.2. The molecule has 4 aromatic rings. The van der Waals surface area contributed by atoms with E-state index in [1.165, 1.54) is 12.1 Å². The number of hydrogen-bond donors (Lipinski definition) is 1. The van der Waals surface area contributed by atoms with Crippen LogP contribution in [0.15, 0.2) is 72.8 Å². The summed E-state index contributed by atoms with van der Waals surface area (Å²) in [7, 11) is 0. The van der Waals surface area contributed by atoms with E-state index in [0.717, 1.165) is 33.7 Å². The van der Waals surface area contributed by atoms with Gasteiger partial charge in [-0.05, 0) is 48.9 Å². The lowest BCUT2D eigenvalue weighted by Crippen LogP contribution is -2.42. The molecule has 2 heterocycles. The van der Waals surface area contributed by atoms with Crippen molar-refractivity contribution in [2.75, 3.05) is 5.32 Å². The van der Waals surface area contributed by atoms with E-state index in [9.17, 15) is 4.39 Å². The monoisotopic (exact) mass is 329 g/mol. The molecule has 0 bridgehead atoms. The van der Waals surface area contributed by atoms with Crippen LogP contribution < -0.4 is 5.32 Å². The van der Waals surface area contributed by atoms with E-state index in [0.29, 0.717) is 0 Å². The molecule has 1 N–H and O–H groups in total. The molecule has 1 aromatic heterocycles. The van der Waals surface area contributed by atoms with Crippen molar-refractivity contribution in [2.24, 2.45) is 0 Å². The first-order valence-electron chi connectivity index (χ1n) is 8.28. The van der Waals surface area contributed by atoms with Gasteiger partial charge in [0.15, 0.2) is 0 Å².